The van der Waals surface area contributed by atoms with E-state index in [4.69, 9.17) is 9.47 Å². The van der Waals surface area contributed by atoms with Crippen molar-refractivity contribution in [2.24, 2.45) is 0 Å². The predicted molar refractivity (Wildman–Crippen MR) is 94.0 cm³/mol. The minimum absolute atomic E-state index is 0.225. The Morgan fingerprint density at radius 3 is 2.80 bits per heavy atom. The van der Waals surface area contributed by atoms with Crippen LogP contribution in [0.1, 0.15) is 21.6 Å². The smallest absolute Gasteiger partial charge is 0.273 e. The third-order valence-electron chi connectivity index (χ3n) is 4.13. The van der Waals surface area contributed by atoms with Crippen LogP contribution in [-0.2, 0) is 0 Å². The van der Waals surface area contributed by atoms with Crippen molar-refractivity contribution in [3.8, 4) is 22.8 Å². The summed E-state index contributed by atoms with van der Waals surface area (Å²) >= 11 is 0. The number of ether oxygens (including phenoxy) is 2. The van der Waals surface area contributed by atoms with Crippen molar-refractivity contribution < 1.29 is 14.3 Å². The molecule has 1 amide bonds. The van der Waals surface area contributed by atoms with E-state index < -0.39 is 0 Å². The Kier molecular flexibility index (Phi) is 3.65. The molecular weight excluding hydrogens is 318 g/mol. The highest BCUT2D eigenvalue weighted by Gasteiger charge is 2.17. The zero-order valence-electron chi connectivity index (χ0n) is 13.9. The van der Waals surface area contributed by atoms with E-state index in [1.807, 2.05) is 50.2 Å². The summed E-state index contributed by atoms with van der Waals surface area (Å²) in [6.45, 7) is 4.17. The molecule has 25 heavy (non-hydrogen) atoms. The molecule has 126 valence electrons. The molecule has 4 rings (SSSR count). The first kappa shape index (κ1) is 15.3. The third kappa shape index (κ3) is 2.94. The molecule has 0 bridgehead atoms. The number of nitrogens with zero attached hydrogens (tertiary/aromatic N) is 1. The van der Waals surface area contributed by atoms with Gasteiger partial charge in [-0.15, -0.1) is 0 Å². The van der Waals surface area contributed by atoms with Crippen LogP contribution in [0.5, 0.6) is 11.5 Å². The number of fused-ring (bicyclic) bond motifs is 1. The maximum Gasteiger partial charge on any atom is 0.273 e. The lowest BCUT2D eigenvalue weighted by Gasteiger charge is -2.08. The molecule has 6 nitrogen and oxygen atoms in total. The molecule has 2 N–H and O–H groups in total. The SMILES string of the molecule is Cc1ccc(C)c(NC(=O)c2cc(-c3ccc4c(c3)OCO4)n[nH]2)c1. The van der Waals surface area contributed by atoms with E-state index in [2.05, 4.69) is 15.5 Å². The monoisotopic (exact) mass is 335 g/mol. The Labute approximate surface area is 144 Å². The highest BCUT2D eigenvalue weighted by atomic mass is 16.7. The average molecular weight is 335 g/mol. The third-order valence-corrected chi connectivity index (χ3v) is 4.13. The lowest BCUT2D eigenvalue weighted by molar-refractivity contribution is 0.102. The fraction of sp³-hybridized carbons (Fsp3) is 0.158. The number of aromatic nitrogens is 2. The minimum Gasteiger partial charge on any atom is -0.454 e. The first-order valence-electron chi connectivity index (χ1n) is 7.94. The molecule has 0 spiro atoms. The van der Waals surface area contributed by atoms with E-state index in [0.717, 1.165) is 22.4 Å². The summed E-state index contributed by atoms with van der Waals surface area (Å²) in [4.78, 5) is 12.5. The quantitative estimate of drug-likeness (QED) is 0.765. The zero-order chi connectivity index (χ0) is 17.4. The number of rotatable bonds is 3. The van der Waals surface area contributed by atoms with Gasteiger partial charge in [-0.05, 0) is 55.3 Å². The number of nitrogens with one attached hydrogen (secondary N) is 2. The summed E-state index contributed by atoms with van der Waals surface area (Å²) in [6, 6.07) is 13.2. The van der Waals surface area contributed by atoms with Crippen LogP contribution in [-0.4, -0.2) is 22.9 Å². The Bertz CT molecular complexity index is 962. The van der Waals surface area contributed by atoms with Gasteiger partial charge in [0.05, 0.1) is 5.69 Å². The number of H-pyrrole nitrogens is 1. The summed E-state index contributed by atoms with van der Waals surface area (Å²) in [7, 11) is 0. The Hall–Kier alpha value is -3.28. The van der Waals surface area contributed by atoms with E-state index in [9.17, 15) is 4.79 Å². The van der Waals surface area contributed by atoms with Gasteiger partial charge in [-0.3, -0.25) is 9.89 Å². The lowest BCUT2D eigenvalue weighted by Crippen LogP contribution is -2.13. The topological polar surface area (TPSA) is 76.2 Å². The molecule has 2 heterocycles. The van der Waals surface area contributed by atoms with Crippen molar-refractivity contribution in [1.82, 2.24) is 10.2 Å². The van der Waals surface area contributed by atoms with Gasteiger partial charge in [0.1, 0.15) is 5.69 Å². The predicted octanol–water partition coefficient (Wildman–Crippen LogP) is 3.67. The maximum absolute atomic E-state index is 12.5. The molecule has 0 atom stereocenters. The van der Waals surface area contributed by atoms with Crippen LogP contribution in [0.3, 0.4) is 0 Å². The molecule has 1 aliphatic rings. The standard InChI is InChI=1S/C19H17N3O3/c1-11-3-4-12(2)14(7-11)20-19(23)16-9-15(21-22-16)13-5-6-17-18(8-13)25-10-24-17/h3-9H,10H2,1-2H3,(H,20,23)(H,21,22). The Morgan fingerprint density at radius 1 is 1.08 bits per heavy atom. The Morgan fingerprint density at radius 2 is 1.92 bits per heavy atom. The molecule has 1 aliphatic heterocycles. The molecular formula is C19H17N3O3. The number of benzene rings is 2. The molecule has 0 saturated carbocycles. The van der Waals surface area contributed by atoms with Crippen LogP contribution in [0.4, 0.5) is 5.69 Å². The van der Waals surface area contributed by atoms with E-state index in [0.29, 0.717) is 22.9 Å². The van der Waals surface area contributed by atoms with Crippen LogP contribution in [0.2, 0.25) is 0 Å². The molecule has 0 fully saturated rings. The van der Waals surface area contributed by atoms with E-state index in [1.54, 1.807) is 6.07 Å². The molecule has 0 aliphatic carbocycles. The van der Waals surface area contributed by atoms with Crippen molar-refractivity contribution >= 4 is 11.6 Å². The van der Waals surface area contributed by atoms with Gasteiger partial charge in [0.2, 0.25) is 6.79 Å². The largest absolute Gasteiger partial charge is 0.454 e. The lowest BCUT2D eigenvalue weighted by atomic mass is 10.1. The summed E-state index contributed by atoms with van der Waals surface area (Å²) < 4.78 is 10.7. The molecule has 0 saturated heterocycles. The van der Waals surface area contributed by atoms with Gasteiger partial charge in [0, 0.05) is 11.3 Å². The summed E-state index contributed by atoms with van der Waals surface area (Å²) in [6.07, 6.45) is 0. The molecule has 6 heteroatoms. The van der Waals surface area contributed by atoms with Crippen molar-refractivity contribution in [2.75, 3.05) is 12.1 Å². The van der Waals surface area contributed by atoms with Crippen molar-refractivity contribution in [2.45, 2.75) is 13.8 Å². The number of aryl methyl sites for hydroxylation is 2. The van der Waals surface area contributed by atoms with E-state index in [-0.39, 0.29) is 12.7 Å². The normalized spacial score (nSPS) is 12.2. The average Bonchev–Trinajstić information content (AvgIpc) is 3.26. The van der Waals surface area contributed by atoms with Crippen LogP contribution in [0.15, 0.2) is 42.5 Å². The van der Waals surface area contributed by atoms with Crippen LogP contribution >= 0.6 is 0 Å². The summed E-state index contributed by atoms with van der Waals surface area (Å²) in [5, 5.41) is 9.94. The van der Waals surface area contributed by atoms with E-state index >= 15 is 0 Å². The molecule has 2 aromatic carbocycles. The number of carbonyl (C=O) groups excluding carboxylic acids is 1. The van der Waals surface area contributed by atoms with Gasteiger partial charge in [0.25, 0.3) is 5.91 Å². The number of carbonyl (C=O) groups is 1. The molecule has 0 unspecified atom stereocenters. The first-order valence-corrected chi connectivity index (χ1v) is 7.94. The second-order valence-corrected chi connectivity index (χ2v) is 6.01. The molecule has 0 radical (unpaired) electrons. The molecule has 1 aromatic heterocycles. The maximum atomic E-state index is 12.5. The highest BCUT2D eigenvalue weighted by Crippen LogP contribution is 2.35. The summed E-state index contributed by atoms with van der Waals surface area (Å²) in [5.41, 5.74) is 4.81. The molecule has 3 aromatic rings. The van der Waals surface area contributed by atoms with Gasteiger partial charge in [-0.2, -0.15) is 5.10 Å². The summed E-state index contributed by atoms with van der Waals surface area (Å²) in [5.74, 6) is 1.17. The number of amides is 1. The second kappa shape index (κ2) is 5.98. The van der Waals surface area contributed by atoms with Gasteiger partial charge in [-0.1, -0.05) is 12.1 Å². The fourth-order valence-corrected chi connectivity index (χ4v) is 2.70. The first-order chi connectivity index (χ1) is 12.1. The zero-order valence-corrected chi connectivity index (χ0v) is 13.9. The number of hydrogen-bond donors (Lipinski definition) is 2. The van der Waals surface area contributed by atoms with Crippen molar-refractivity contribution in [1.29, 1.82) is 0 Å². The van der Waals surface area contributed by atoms with Gasteiger partial charge >= 0.3 is 0 Å². The fourth-order valence-electron chi connectivity index (χ4n) is 2.70. The van der Waals surface area contributed by atoms with Crippen LogP contribution in [0, 0.1) is 13.8 Å². The van der Waals surface area contributed by atoms with Gasteiger partial charge in [-0.25, -0.2) is 0 Å². The number of hydrogen-bond acceptors (Lipinski definition) is 4. The highest BCUT2D eigenvalue weighted by molar-refractivity contribution is 6.03. The van der Waals surface area contributed by atoms with Crippen LogP contribution in [0.25, 0.3) is 11.3 Å². The van der Waals surface area contributed by atoms with E-state index in [1.165, 1.54) is 0 Å². The number of anilines is 1. The van der Waals surface area contributed by atoms with Crippen molar-refractivity contribution in [3.05, 3.63) is 59.3 Å². The minimum atomic E-state index is -0.229. The van der Waals surface area contributed by atoms with Gasteiger partial charge in [0.15, 0.2) is 11.5 Å². The Balaban J connectivity index is 1.56. The second-order valence-electron chi connectivity index (χ2n) is 6.01. The van der Waals surface area contributed by atoms with Crippen molar-refractivity contribution in [3.63, 3.8) is 0 Å². The van der Waals surface area contributed by atoms with Gasteiger partial charge < -0.3 is 14.8 Å². The van der Waals surface area contributed by atoms with Crippen LogP contribution < -0.4 is 14.8 Å². The number of aromatic amines is 1.